The van der Waals surface area contributed by atoms with Crippen LogP contribution < -0.4 is 19.5 Å². The van der Waals surface area contributed by atoms with Gasteiger partial charge >= 0.3 is 0 Å². The molecule has 0 spiro atoms. The Morgan fingerprint density at radius 1 is 1.11 bits per heavy atom. The van der Waals surface area contributed by atoms with Gasteiger partial charge in [-0.25, -0.2) is 4.39 Å². The van der Waals surface area contributed by atoms with Crippen LogP contribution in [0.15, 0.2) is 42.6 Å². The molecule has 2 N–H and O–H groups in total. The Morgan fingerprint density at radius 2 is 1.94 bits per heavy atom. The summed E-state index contributed by atoms with van der Waals surface area (Å²) >= 11 is 0. The highest BCUT2D eigenvalue weighted by atomic mass is 19.1. The highest BCUT2D eigenvalue weighted by Gasteiger charge is 2.51. The molecule has 2 aromatic heterocycles. The molecule has 6 rings (SSSR count). The molecule has 0 bridgehead atoms. The lowest BCUT2D eigenvalue weighted by atomic mass is 10.1. The van der Waals surface area contributed by atoms with Gasteiger partial charge in [0.05, 0.1) is 18.0 Å². The summed E-state index contributed by atoms with van der Waals surface area (Å²) in [4.78, 5) is 20.2. The maximum absolute atomic E-state index is 15.1. The summed E-state index contributed by atoms with van der Waals surface area (Å²) in [6.07, 6.45) is 5.35. The van der Waals surface area contributed by atoms with Crippen LogP contribution in [-0.2, 0) is 4.79 Å². The minimum Gasteiger partial charge on any atom is -0.493 e. The Kier molecular flexibility index (Phi) is 5.05. The molecule has 2 saturated carbocycles. The van der Waals surface area contributed by atoms with Gasteiger partial charge in [-0.3, -0.25) is 9.78 Å². The number of aromatic amines is 1. The maximum atomic E-state index is 15.1. The molecule has 0 atom stereocenters. The number of rotatable bonds is 8. The fraction of sp³-hybridized carbons (Fsp3) is 0.333. The van der Waals surface area contributed by atoms with Gasteiger partial charge in [-0.05, 0) is 62.9 Å². The van der Waals surface area contributed by atoms with Crippen molar-refractivity contribution in [1.82, 2.24) is 15.3 Å². The molecule has 0 aliphatic heterocycles. The van der Waals surface area contributed by atoms with Crippen molar-refractivity contribution >= 4 is 27.7 Å². The van der Waals surface area contributed by atoms with Gasteiger partial charge < -0.3 is 24.5 Å². The molecule has 2 heterocycles. The predicted molar refractivity (Wildman–Crippen MR) is 130 cm³/mol. The number of H-pyrrole nitrogens is 1. The number of benzene rings is 2. The van der Waals surface area contributed by atoms with Gasteiger partial charge in [-0.15, -0.1) is 0 Å². The van der Waals surface area contributed by atoms with Gasteiger partial charge in [0.25, 0.3) is 0 Å². The molecule has 180 valence electrons. The third-order valence-electron chi connectivity index (χ3n) is 6.80. The zero-order chi connectivity index (χ0) is 24.2. The van der Waals surface area contributed by atoms with Crippen molar-refractivity contribution in [3.63, 3.8) is 0 Å². The summed E-state index contributed by atoms with van der Waals surface area (Å²) in [5.41, 5.74) is 1.74. The largest absolute Gasteiger partial charge is 0.493 e. The van der Waals surface area contributed by atoms with Crippen LogP contribution in [0.4, 0.5) is 4.39 Å². The van der Waals surface area contributed by atoms with Crippen molar-refractivity contribution in [2.75, 3.05) is 13.7 Å². The first-order valence-electron chi connectivity index (χ1n) is 11.8. The SMILES string of the molecule is COc1cc2c(Oc3ccc4[nH]c(C)cc4c3F)ccnc2cc1OCC1(C(=O)NC2CC2)CC1. The standard InChI is InChI=1S/C27H26FN3O4/c1-15-11-18-19(30-15)5-6-22(25(18)28)35-21-7-10-29-20-13-24(23(33-2)12-17(20)21)34-14-27(8-9-27)26(32)31-16-3-4-16/h5-7,10-13,16,30H,3-4,8-9,14H2,1-2H3,(H,31,32). The second-order valence-electron chi connectivity index (χ2n) is 9.54. The van der Waals surface area contributed by atoms with Crippen molar-refractivity contribution in [3.8, 4) is 23.0 Å². The van der Waals surface area contributed by atoms with Crippen molar-refractivity contribution < 1.29 is 23.4 Å². The smallest absolute Gasteiger partial charge is 0.229 e. The molecule has 2 fully saturated rings. The molecule has 0 saturated heterocycles. The fourth-order valence-electron chi connectivity index (χ4n) is 4.34. The molecular weight excluding hydrogens is 449 g/mol. The molecule has 8 heteroatoms. The summed E-state index contributed by atoms with van der Waals surface area (Å²) in [7, 11) is 1.56. The Labute approximate surface area is 201 Å². The van der Waals surface area contributed by atoms with Crippen LogP contribution in [-0.4, -0.2) is 35.6 Å². The first-order chi connectivity index (χ1) is 17.0. The first kappa shape index (κ1) is 21.7. The van der Waals surface area contributed by atoms with Gasteiger partial charge in [0.1, 0.15) is 12.4 Å². The van der Waals surface area contributed by atoms with Crippen LogP contribution in [0.25, 0.3) is 21.8 Å². The van der Waals surface area contributed by atoms with Crippen LogP contribution in [0.2, 0.25) is 0 Å². The average molecular weight is 476 g/mol. The van der Waals surface area contributed by atoms with E-state index in [0.29, 0.717) is 39.6 Å². The third-order valence-corrected chi connectivity index (χ3v) is 6.80. The van der Waals surface area contributed by atoms with E-state index >= 15 is 4.39 Å². The number of hydrogen-bond donors (Lipinski definition) is 2. The van der Waals surface area contributed by atoms with Crippen LogP contribution in [0.1, 0.15) is 31.4 Å². The van der Waals surface area contributed by atoms with E-state index < -0.39 is 11.2 Å². The van der Waals surface area contributed by atoms with E-state index in [2.05, 4.69) is 15.3 Å². The summed E-state index contributed by atoms with van der Waals surface area (Å²) in [5.74, 6) is 1.22. The summed E-state index contributed by atoms with van der Waals surface area (Å²) in [6.45, 7) is 2.16. The van der Waals surface area contributed by atoms with Crippen LogP contribution in [0.5, 0.6) is 23.0 Å². The normalized spacial score (nSPS) is 16.3. The highest BCUT2D eigenvalue weighted by molar-refractivity contribution is 5.89. The second-order valence-corrected chi connectivity index (χ2v) is 9.54. The lowest BCUT2D eigenvalue weighted by Gasteiger charge is -2.18. The number of nitrogens with one attached hydrogen (secondary N) is 2. The van der Waals surface area contributed by atoms with Crippen molar-refractivity contribution in [1.29, 1.82) is 0 Å². The Morgan fingerprint density at radius 3 is 2.69 bits per heavy atom. The molecule has 2 aromatic carbocycles. The van der Waals surface area contributed by atoms with Gasteiger partial charge in [-0.2, -0.15) is 0 Å². The number of aromatic nitrogens is 2. The number of methoxy groups -OCH3 is 1. The lowest BCUT2D eigenvalue weighted by Crippen LogP contribution is -2.36. The molecular formula is C27H26FN3O4. The summed E-state index contributed by atoms with van der Waals surface area (Å²) in [5, 5.41) is 4.23. The van der Waals surface area contributed by atoms with Gasteiger partial charge in [0, 0.05) is 40.3 Å². The average Bonchev–Trinajstić information content (AvgIpc) is 3.78. The molecule has 7 nitrogen and oxygen atoms in total. The van der Waals surface area contributed by atoms with Gasteiger partial charge in [0.15, 0.2) is 23.1 Å². The predicted octanol–water partition coefficient (Wildman–Crippen LogP) is 5.40. The number of carbonyl (C=O) groups excluding carboxylic acids is 1. The van der Waals surface area contributed by atoms with E-state index in [0.717, 1.165) is 36.9 Å². The Bertz CT molecular complexity index is 1460. The number of carbonyl (C=O) groups is 1. The topological polar surface area (TPSA) is 85.5 Å². The number of amides is 1. The van der Waals surface area contributed by atoms with E-state index in [1.807, 2.05) is 6.92 Å². The second kappa shape index (κ2) is 8.15. The zero-order valence-electron chi connectivity index (χ0n) is 19.6. The van der Waals surface area contributed by atoms with Crippen LogP contribution >= 0.6 is 0 Å². The minimum absolute atomic E-state index is 0.0742. The Hall–Kier alpha value is -3.81. The number of ether oxygens (including phenoxy) is 3. The van der Waals surface area contributed by atoms with E-state index in [1.54, 1.807) is 49.7 Å². The number of aryl methyl sites for hydroxylation is 1. The number of hydrogen-bond acceptors (Lipinski definition) is 5. The number of fused-ring (bicyclic) bond motifs is 2. The van der Waals surface area contributed by atoms with E-state index in [9.17, 15) is 4.79 Å². The van der Waals surface area contributed by atoms with Crippen molar-refractivity contribution in [3.05, 3.63) is 54.1 Å². The molecule has 4 aromatic rings. The quantitative estimate of drug-likeness (QED) is 0.356. The summed E-state index contributed by atoms with van der Waals surface area (Å²) in [6, 6.07) is 10.7. The molecule has 0 unspecified atom stereocenters. The molecule has 2 aliphatic carbocycles. The molecule has 1 amide bonds. The zero-order valence-corrected chi connectivity index (χ0v) is 19.6. The Balaban J connectivity index is 1.28. The third kappa shape index (κ3) is 4.03. The maximum Gasteiger partial charge on any atom is 0.229 e. The van der Waals surface area contributed by atoms with Gasteiger partial charge in [-0.1, -0.05) is 0 Å². The number of pyridine rings is 1. The number of halogens is 1. The molecule has 2 aliphatic rings. The monoisotopic (exact) mass is 475 g/mol. The highest BCUT2D eigenvalue weighted by Crippen LogP contribution is 2.48. The first-order valence-corrected chi connectivity index (χ1v) is 11.8. The van der Waals surface area contributed by atoms with Crippen LogP contribution in [0, 0.1) is 18.2 Å². The molecule has 0 radical (unpaired) electrons. The van der Waals surface area contributed by atoms with E-state index in [4.69, 9.17) is 14.2 Å². The van der Waals surface area contributed by atoms with Crippen molar-refractivity contribution in [2.24, 2.45) is 5.41 Å². The van der Waals surface area contributed by atoms with Crippen molar-refractivity contribution in [2.45, 2.75) is 38.6 Å². The van der Waals surface area contributed by atoms with E-state index in [-0.39, 0.29) is 18.3 Å². The number of nitrogens with zero attached hydrogens (tertiary/aromatic N) is 1. The summed E-state index contributed by atoms with van der Waals surface area (Å²) < 4.78 is 32.8. The molecule has 35 heavy (non-hydrogen) atoms. The van der Waals surface area contributed by atoms with Gasteiger partial charge in [0.2, 0.25) is 5.91 Å². The van der Waals surface area contributed by atoms with Crippen LogP contribution in [0.3, 0.4) is 0 Å². The lowest BCUT2D eigenvalue weighted by molar-refractivity contribution is -0.127. The fourth-order valence-corrected chi connectivity index (χ4v) is 4.34. The van der Waals surface area contributed by atoms with E-state index in [1.165, 1.54) is 0 Å². The minimum atomic E-state index is -0.465.